The zero-order valence-electron chi connectivity index (χ0n) is 11.4. The van der Waals surface area contributed by atoms with E-state index in [-0.39, 0.29) is 11.5 Å². The van der Waals surface area contributed by atoms with Gasteiger partial charge in [-0.05, 0) is 24.3 Å². The Morgan fingerprint density at radius 1 is 0.909 bits per heavy atom. The van der Waals surface area contributed by atoms with Crippen LogP contribution in [0, 0.1) is 0 Å². The van der Waals surface area contributed by atoms with E-state index in [1.54, 1.807) is 36.4 Å². The van der Waals surface area contributed by atoms with Crippen molar-refractivity contribution in [2.75, 3.05) is 0 Å². The Labute approximate surface area is 124 Å². The molecule has 0 fully saturated rings. The molecule has 106 valence electrons. The molecule has 2 heterocycles. The molecular weight excluding hydrogens is 280 g/mol. The molecule has 0 saturated carbocycles. The molecule has 2 aliphatic rings. The summed E-state index contributed by atoms with van der Waals surface area (Å²) < 4.78 is 6.62. The monoisotopic (exact) mass is 290 g/mol. The fourth-order valence-corrected chi connectivity index (χ4v) is 2.45. The minimum absolute atomic E-state index is 0.0564. The van der Waals surface area contributed by atoms with E-state index in [2.05, 4.69) is 4.98 Å². The standard InChI is InChI=1S/C17H10N2O3/c20-16-13-10-11-6-4-5-9-14(11)22-15(13)18-17(21)19(16)12-7-2-1-3-8-12/h1-10H. The maximum Gasteiger partial charge on any atom is 0.358 e. The maximum atomic E-state index is 12.7. The lowest BCUT2D eigenvalue weighted by molar-refractivity contribution is 0.587. The van der Waals surface area contributed by atoms with Crippen LogP contribution < -0.4 is 11.2 Å². The number of para-hydroxylation sites is 2. The molecule has 0 bridgehead atoms. The van der Waals surface area contributed by atoms with E-state index in [0.717, 1.165) is 9.95 Å². The van der Waals surface area contributed by atoms with E-state index in [1.165, 1.54) is 0 Å². The van der Waals surface area contributed by atoms with Gasteiger partial charge in [0.15, 0.2) is 0 Å². The molecule has 0 unspecified atom stereocenters. The molecule has 2 aromatic carbocycles. The van der Waals surface area contributed by atoms with Gasteiger partial charge in [0, 0.05) is 5.39 Å². The van der Waals surface area contributed by atoms with E-state index in [1.807, 2.05) is 24.3 Å². The Morgan fingerprint density at radius 2 is 1.64 bits per heavy atom. The van der Waals surface area contributed by atoms with E-state index in [9.17, 15) is 9.59 Å². The summed E-state index contributed by atoms with van der Waals surface area (Å²) in [5.41, 5.74) is 0.263. The third-order valence-corrected chi connectivity index (χ3v) is 3.49. The molecule has 4 rings (SSSR count). The number of rotatable bonds is 1. The molecule has 0 aliphatic carbocycles. The average molecular weight is 290 g/mol. The van der Waals surface area contributed by atoms with E-state index in [4.69, 9.17) is 4.42 Å². The first-order valence-electron chi connectivity index (χ1n) is 6.75. The van der Waals surface area contributed by atoms with Crippen molar-refractivity contribution >= 4 is 11.0 Å². The number of benzene rings is 2. The second kappa shape index (κ2) is 4.66. The molecule has 0 saturated heterocycles. The minimum atomic E-state index is -0.650. The van der Waals surface area contributed by atoms with Crippen LogP contribution in [0.4, 0.5) is 0 Å². The first-order valence-corrected chi connectivity index (χ1v) is 6.75. The molecule has 0 aromatic heterocycles. The summed E-state index contributed by atoms with van der Waals surface area (Å²) in [5, 5.41) is 0.784. The fourth-order valence-electron chi connectivity index (χ4n) is 2.45. The van der Waals surface area contributed by atoms with Gasteiger partial charge in [0.1, 0.15) is 11.1 Å². The number of aromatic nitrogens is 2. The predicted molar refractivity (Wildman–Crippen MR) is 82.5 cm³/mol. The van der Waals surface area contributed by atoms with Crippen LogP contribution in [0.3, 0.4) is 0 Å². The summed E-state index contributed by atoms with van der Waals surface area (Å²) in [7, 11) is 0. The van der Waals surface area contributed by atoms with Gasteiger partial charge in [0.05, 0.1) is 5.69 Å². The Morgan fingerprint density at radius 3 is 2.45 bits per heavy atom. The van der Waals surface area contributed by atoms with Crippen LogP contribution in [0.15, 0.2) is 74.7 Å². The van der Waals surface area contributed by atoms with Crippen LogP contribution in [0.5, 0.6) is 0 Å². The zero-order chi connectivity index (χ0) is 15.1. The third-order valence-electron chi connectivity index (χ3n) is 3.49. The average Bonchev–Trinajstić information content (AvgIpc) is 2.54. The summed E-state index contributed by atoms with van der Waals surface area (Å²) in [5.74, 6) is 0.0564. The molecular formula is C17H10N2O3. The molecule has 0 radical (unpaired) electrons. The SMILES string of the molecule is O=c1nc2oc3ccccc3cc-2c(=O)n1-c1ccccc1. The molecule has 0 atom stereocenters. The molecule has 0 spiro atoms. The summed E-state index contributed by atoms with van der Waals surface area (Å²) in [4.78, 5) is 28.7. The van der Waals surface area contributed by atoms with Gasteiger partial charge in [0.25, 0.3) is 5.56 Å². The van der Waals surface area contributed by atoms with E-state index >= 15 is 0 Å². The van der Waals surface area contributed by atoms with Crippen molar-refractivity contribution in [2.24, 2.45) is 0 Å². The van der Waals surface area contributed by atoms with Gasteiger partial charge in [-0.25, -0.2) is 9.36 Å². The fraction of sp³-hybridized carbons (Fsp3) is 0. The van der Waals surface area contributed by atoms with E-state index < -0.39 is 11.2 Å². The number of nitrogens with zero attached hydrogens (tertiary/aromatic N) is 2. The summed E-state index contributed by atoms with van der Waals surface area (Å²) >= 11 is 0. The van der Waals surface area contributed by atoms with Crippen molar-refractivity contribution in [3.63, 3.8) is 0 Å². The highest BCUT2D eigenvalue weighted by molar-refractivity contribution is 5.81. The summed E-state index contributed by atoms with van der Waals surface area (Å²) in [6, 6.07) is 17.7. The van der Waals surface area contributed by atoms with Gasteiger partial charge >= 0.3 is 5.69 Å². The van der Waals surface area contributed by atoms with Crippen molar-refractivity contribution in [2.45, 2.75) is 0 Å². The highest BCUT2D eigenvalue weighted by Gasteiger charge is 2.18. The van der Waals surface area contributed by atoms with Crippen molar-refractivity contribution in [3.8, 4) is 17.1 Å². The van der Waals surface area contributed by atoms with Crippen molar-refractivity contribution in [1.82, 2.24) is 9.55 Å². The van der Waals surface area contributed by atoms with Gasteiger partial charge < -0.3 is 4.42 Å². The Hall–Kier alpha value is -3.21. The lowest BCUT2D eigenvalue weighted by atomic mass is 10.1. The van der Waals surface area contributed by atoms with Crippen LogP contribution >= 0.6 is 0 Å². The lowest BCUT2D eigenvalue weighted by Crippen LogP contribution is -2.35. The number of fused-ring (bicyclic) bond motifs is 2. The molecule has 2 aliphatic heterocycles. The van der Waals surface area contributed by atoms with Gasteiger partial charge in [-0.2, -0.15) is 4.98 Å². The number of hydrogen-bond donors (Lipinski definition) is 0. The topological polar surface area (TPSA) is 65.1 Å². The van der Waals surface area contributed by atoms with Gasteiger partial charge in [-0.15, -0.1) is 0 Å². The van der Waals surface area contributed by atoms with Crippen LogP contribution in [0.25, 0.3) is 28.1 Å². The molecule has 5 heteroatoms. The first-order chi connectivity index (χ1) is 10.7. The Kier molecular flexibility index (Phi) is 2.66. The largest absolute Gasteiger partial charge is 0.437 e. The van der Waals surface area contributed by atoms with Crippen LogP contribution in [0.1, 0.15) is 0 Å². The third kappa shape index (κ3) is 1.83. The zero-order valence-corrected chi connectivity index (χ0v) is 11.4. The molecule has 0 amide bonds. The van der Waals surface area contributed by atoms with Crippen LogP contribution in [-0.4, -0.2) is 9.55 Å². The van der Waals surface area contributed by atoms with Crippen molar-refractivity contribution < 1.29 is 4.42 Å². The molecule has 22 heavy (non-hydrogen) atoms. The van der Waals surface area contributed by atoms with Crippen molar-refractivity contribution in [3.05, 3.63) is 81.5 Å². The highest BCUT2D eigenvalue weighted by Crippen LogP contribution is 2.23. The van der Waals surface area contributed by atoms with Gasteiger partial charge in [0.2, 0.25) is 5.89 Å². The normalized spacial score (nSPS) is 11.1. The highest BCUT2D eigenvalue weighted by atomic mass is 16.3. The molecule has 2 aromatic rings. The Balaban J connectivity index is 2.13. The maximum absolute atomic E-state index is 12.7. The van der Waals surface area contributed by atoms with Gasteiger partial charge in [-0.1, -0.05) is 36.4 Å². The number of hydrogen-bond acceptors (Lipinski definition) is 4. The van der Waals surface area contributed by atoms with Gasteiger partial charge in [-0.3, -0.25) is 4.79 Å². The first kappa shape index (κ1) is 12.5. The quantitative estimate of drug-likeness (QED) is 0.505. The summed E-state index contributed by atoms with van der Waals surface area (Å²) in [6.07, 6.45) is 0. The molecule has 5 nitrogen and oxygen atoms in total. The van der Waals surface area contributed by atoms with Crippen molar-refractivity contribution in [1.29, 1.82) is 0 Å². The second-order valence-corrected chi connectivity index (χ2v) is 4.87. The lowest BCUT2D eigenvalue weighted by Gasteiger charge is -2.09. The smallest absolute Gasteiger partial charge is 0.358 e. The summed E-state index contributed by atoms with van der Waals surface area (Å²) in [6.45, 7) is 0. The Bertz CT molecular complexity index is 1060. The minimum Gasteiger partial charge on any atom is -0.437 e. The predicted octanol–water partition coefficient (Wildman–Crippen LogP) is 2.44. The van der Waals surface area contributed by atoms with E-state index in [0.29, 0.717) is 11.3 Å². The van der Waals surface area contributed by atoms with Crippen LogP contribution in [0.2, 0.25) is 0 Å². The van der Waals surface area contributed by atoms with Crippen LogP contribution in [-0.2, 0) is 0 Å². The molecule has 0 N–H and O–H groups in total. The second-order valence-electron chi connectivity index (χ2n) is 4.87.